The van der Waals surface area contributed by atoms with Crippen LogP contribution >= 0.6 is 15.9 Å². The van der Waals surface area contributed by atoms with Crippen LogP contribution in [0.25, 0.3) is 0 Å². The SMILES string of the molecule is Nc1cnc([C@H](Cc2cc(F)cc(F)c2)NC(=O)Cn2nc(C(F)(F)F)c3c2C(F)(F)[C@@H]2C[C@H]32)c(Br)c1. The van der Waals surface area contributed by atoms with E-state index < -0.39 is 71.0 Å². The van der Waals surface area contributed by atoms with Crippen LogP contribution in [0.3, 0.4) is 0 Å². The zero-order chi connectivity index (χ0) is 26.9. The van der Waals surface area contributed by atoms with Crippen molar-refractivity contribution in [2.24, 2.45) is 5.92 Å². The van der Waals surface area contributed by atoms with Crippen LogP contribution in [0.15, 0.2) is 34.9 Å². The molecule has 3 atom stereocenters. The lowest BCUT2D eigenvalue weighted by molar-refractivity contribution is -0.142. The van der Waals surface area contributed by atoms with Gasteiger partial charge in [-0.05, 0) is 58.5 Å². The first-order chi connectivity index (χ1) is 17.3. The van der Waals surface area contributed by atoms with Crippen LogP contribution in [-0.4, -0.2) is 20.7 Å². The van der Waals surface area contributed by atoms with Gasteiger partial charge in [0.15, 0.2) is 5.69 Å². The number of hydrogen-bond acceptors (Lipinski definition) is 4. The van der Waals surface area contributed by atoms with Crippen LogP contribution in [0.4, 0.5) is 36.4 Å². The van der Waals surface area contributed by atoms with Crippen molar-refractivity contribution in [3.63, 3.8) is 0 Å². The summed E-state index contributed by atoms with van der Waals surface area (Å²) in [7, 11) is 0. The normalized spacial score (nSPS) is 20.3. The molecule has 2 heterocycles. The van der Waals surface area contributed by atoms with E-state index in [1.54, 1.807) is 0 Å². The highest BCUT2D eigenvalue weighted by Gasteiger charge is 2.68. The Balaban J connectivity index is 1.46. The number of anilines is 1. The van der Waals surface area contributed by atoms with Crippen LogP contribution < -0.4 is 11.1 Å². The first-order valence-corrected chi connectivity index (χ1v) is 11.8. The molecule has 3 aromatic rings. The van der Waals surface area contributed by atoms with E-state index in [9.17, 15) is 35.5 Å². The van der Waals surface area contributed by atoms with Gasteiger partial charge in [-0.3, -0.25) is 14.5 Å². The highest BCUT2D eigenvalue weighted by atomic mass is 79.9. The average molecular weight is 592 g/mol. The summed E-state index contributed by atoms with van der Waals surface area (Å²) < 4.78 is 98.5. The van der Waals surface area contributed by atoms with E-state index in [-0.39, 0.29) is 29.8 Å². The van der Waals surface area contributed by atoms with Crippen LogP contribution in [0.5, 0.6) is 0 Å². The predicted octanol–water partition coefficient (Wildman–Crippen LogP) is 5.23. The summed E-state index contributed by atoms with van der Waals surface area (Å²) in [4.78, 5) is 17.1. The molecule has 2 aliphatic carbocycles. The molecule has 5 rings (SSSR count). The fraction of sp³-hybridized carbons (Fsp3) is 0.348. The fourth-order valence-electron chi connectivity index (χ4n) is 4.87. The molecule has 0 radical (unpaired) electrons. The first kappa shape index (κ1) is 25.5. The maximum absolute atomic E-state index is 14.8. The van der Waals surface area contributed by atoms with Gasteiger partial charge >= 0.3 is 6.18 Å². The third kappa shape index (κ3) is 4.66. The Kier molecular flexibility index (Phi) is 6.00. The number of halogens is 8. The van der Waals surface area contributed by atoms with Gasteiger partial charge in [0.25, 0.3) is 5.92 Å². The number of amides is 1. The van der Waals surface area contributed by atoms with Crippen molar-refractivity contribution in [1.82, 2.24) is 20.1 Å². The maximum atomic E-state index is 14.8. The Morgan fingerprint density at radius 3 is 2.51 bits per heavy atom. The standard InChI is InChI=1S/C23H17BrF7N5O/c24-15-5-12(32)7-33-19(15)16(3-9-1-10(25)4-11(26)2-9)34-17(37)8-36-21-18(20(35-36)23(29,30)31)13-6-14(13)22(21,27)28/h1-2,4-5,7,13-14,16H,3,6,8,32H2,(H,34,37)/t13-,14+,16-/m0/s1. The molecule has 0 bridgehead atoms. The number of nitrogen functional groups attached to an aromatic ring is 1. The lowest BCUT2D eigenvalue weighted by Gasteiger charge is -2.21. The van der Waals surface area contributed by atoms with Gasteiger partial charge in [0.05, 0.1) is 23.6 Å². The highest BCUT2D eigenvalue weighted by Crippen LogP contribution is 2.68. The molecule has 0 saturated heterocycles. The summed E-state index contributed by atoms with van der Waals surface area (Å²) in [5.41, 5.74) is 3.40. The van der Waals surface area contributed by atoms with Crippen molar-refractivity contribution in [2.45, 2.75) is 43.4 Å². The number of carbonyl (C=O) groups excluding carboxylic acids is 1. The van der Waals surface area contributed by atoms with Crippen molar-refractivity contribution < 1.29 is 35.5 Å². The van der Waals surface area contributed by atoms with Gasteiger partial charge < -0.3 is 11.1 Å². The topological polar surface area (TPSA) is 85.8 Å². The Morgan fingerprint density at radius 2 is 1.89 bits per heavy atom. The van der Waals surface area contributed by atoms with Crippen LogP contribution in [-0.2, 0) is 29.9 Å². The quantitative estimate of drug-likeness (QED) is 0.384. The molecule has 37 heavy (non-hydrogen) atoms. The minimum atomic E-state index is -4.97. The molecule has 1 fully saturated rings. The minimum absolute atomic E-state index is 0.0793. The van der Waals surface area contributed by atoms with Crippen molar-refractivity contribution in [1.29, 1.82) is 0 Å². The zero-order valence-corrected chi connectivity index (χ0v) is 20.2. The summed E-state index contributed by atoms with van der Waals surface area (Å²) in [6.45, 7) is -0.936. The molecule has 1 saturated carbocycles. The predicted molar refractivity (Wildman–Crippen MR) is 119 cm³/mol. The number of nitrogens with two attached hydrogens (primary N) is 1. The van der Waals surface area contributed by atoms with Crippen LogP contribution in [0.1, 0.15) is 46.6 Å². The van der Waals surface area contributed by atoms with Gasteiger partial charge in [-0.15, -0.1) is 0 Å². The molecule has 1 amide bonds. The molecule has 0 aliphatic heterocycles. The second-order valence-corrected chi connectivity index (χ2v) is 9.93. The lowest BCUT2D eigenvalue weighted by atomic mass is 10.0. The molecule has 2 aliphatic rings. The Hall–Kier alpha value is -3.16. The number of fused-ring (bicyclic) bond motifs is 3. The molecule has 0 spiro atoms. The van der Waals surface area contributed by atoms with Gasteiger partial charge in [-0.2, -0.15) is 27.1 Å². The van der Waals surface area contributed by atoms with E-state index in [4.69, 9.17) is 5.73 Å². The third-order valence-electron chi connectivity index (χ3n) is 6.41. The molecular weight excluding hydrogens is 575 g/mol. The number of aromatic nitrogens is 3. The molecular formula is C23H17BrF7N5O. The van der Waals surface area contributed by atoms with Crippen molar-refractivity contribution in [2.75, 3.05) is 5.73 Å². The number of nitrogens with zero attached hydrogens (tertiary/aromatic N) is 3. The second-order valence-electron chi connectivity index (χ2n) is 9.08. The van der Waals surface area contributed by atoms with E-state index >= 15 is 0 Å². The summed E-state index contributed by atoms with van der Waals surface area (Å²) >= 11 is 3.26. The Bertz CT molecular complexity index is 1390. The lowest BCUT2D eigenvalue weighted by Crippen LogP contribution is -2.35. The molecule has 14 heteroatoms. The summed E-state index contributed by atoms with van der Waals surface area (Å²) in [5, 5.41) is 5.86. The molecule has 6 nitrogen and oxygen atoms in total. The molecule has 0 unspecified atom stereocenters. The fourth-order valence-corrected chi connectivity index (χ4v) is 5.51. The highest BCUT2D eigenvalue weighted by molar-refractivity contribution is 9.10. The number of rotatable bonds is 6. The number of pyridine rings is 1. The van der Waals surface area contributed by atoms with Gasteiger partial charge in [0.2, 0.25) is 5.91 Å². The number of carbonyl (C=O) groups is 1. The monoisotopic (exact) mass is 591 g/mol. The molecule has 2 aromatic heterocycles. The molecule has 196 valence electrons. The number of hydrogen-bond donors (Lipinski definition) is 2. The maximum Gasteiger partial charge on any atom is 0.435 e. The Morgan fingerprint density at radius 1 is 1.22 bits per heavy atom. The van der Waals surface area contributed by atoms with E-state index in [1.807, 2.05) is 0 Å². The Labute approximate surface area is 213 Å². The summed E-state index contributed by atoms with van der Waals surface area (Å²) in [6.07, 6.45) is -3.96. The molecule has 1 aromatic carbocycles. The number of nitrogens with one attached hydrogen (secondary N) is 1. The van der Waals surface area contributed by atoms with E-state index in [0.29, 0.717) is 15.2 Å². The van der Waals surface area contributed by atoms with Crippen molar-refractivity contribution in [3.05, 3.63) is 74.8 Å². The smallest absolute Gasteiger partial charge is 0.397 e. The van der Waals surface area contributed by atoms with E-state index in [2.05, 4.69) is 31.3 Å². The van der Waals surface area contributed by atoms with Gasteiger partial charge in [-0.25, -0.2) is 8.78 Å². The van der Waals surface area contributed by atoms with Crippen molar-refractivity contribution in [3.8, 4) is 0 Å². The third-order valence-corrected chi connectivity index (χ3v) is 7.05. The number of benzene rings is 1. The van der Waals surface area contributed by atoms with Crippen LogP contribution in [0.2, 0.25) is 0 Å². The summed E-state index contributed by atoms with van der Waals surface area (Å²) in [6, 6.07) is 3.15. The van der Waals surface area contributed by atoms with Crippen LogP contribution in [0, 0.1) is 17.6 Å². The summed E-state index contributed by atoms with van der Waals surface area (Å²) in [5.74, 6) is -8.45. The van der Waals surface area contributed by atoms with E-state index in [1.165, 1.54) is 12.3 Å². The largest absolute Gasteiger partial charge is 0.435 e. The second kappa shape index (κ2) is 8.71. The average Bonchev–Trinajstić information content (AvgIpc) is 3.41. The first-order valence-electron chi connectivity index (χ1n) is 11.0. The van der Waals surface area contributed by atoms with Crippen molar-refractivity contribution >= 4 is 27.5 Å². The molecule has 3 N–H and O–H groups in total. The van der Waals surface area contributed by atoms with Gasteiger partial charge in [0.1, 0.15) is 23.9 Å². The van der Waals surface area contributed by atoms with E-state index in [0.717, 1.165) is 12.1 Å². The van der Waals surface area contributed by atoms with Gasteiger partial charge in [0, 0.05) is 22.0 Å². The number of alkyl halides is 5. The van der Waals surface area contributed by atoms with Gasteiger partial charge in [-0.1, -0.05) is 0 Å². The zero-order valence-electron chi connectivity index (χ0n) is 18.6. The minimum Gasteiger partial charge on any atom is -0.397 e.